The molecule has 1 aromatic heterocycles. The molecule has 1 saturated heterocycles. The second-order valence-electron chi connectivity index (χ2n) is 8.59. The number of carbonyl (C=O) groups excluding carboxylic acids is 1. The molecule has 2 heterocycles. The van der Waals surface area contributed by atoms with E-state index in [-0.39, 0.29) is 5.91 Å². The van der Waals surface area contributed by atoms with Crippen molar-refractivity contribution in [2.75, 3.05) is 26.2 Å². The second kappa shape index (κ2) is 9.84. The van der Waals surface area contributed by atoms with Gasteiger partial charge in [-0.15, -0.1) is 6.58 Å². The van der Waals surface area contributed by atoms with Gasteiger partial charge in [-0.05, 0) is 48.9 Å². The van der Waals surface area contributed by atoms with E-state index in [0.717, 1.165) is 50.0 Å². The summed E-state index contributed by atoms with van der Waals surface area (Å²) in [6.45, 7) is 11.7. The summed E-state index contributed by atoms with van der Waals surface area (Å²) in [6, 6.07) is 12.5. The van der Waals surface area contributed by atoms with Crippen molar-refractivity contribution >= 4 is 5.91 Å². The second-order valence-corrected chi connectivity index (χ2v) is 8.59. The van der Waals surface area contributed by atoms with E-state index >= 15 is 0 Å². The van der Waals surface area contributed by atoms with Crippen LogP contribution in [0.4, 0.5) is 0 Å². The minimum Gasteiger partial charge on any atom is -0.352 e. The Morgan fingerprint density at radius 1 is 1.31 bits per heavy atom. The molecule has 154 valence electrons. The van der Waals surface area contributed by atoms with Crippen LogP contribution in [-0.2, 0) is 11.2 Å². The third-order valence-electron chi connectivity index (χ3n) is 5.69. The lowest BCUT2D eigenvalue weighted by Crippen LogP contribution is -2.53. The molecule has 1 N–H and O–H groups in total. The van der Waals surface area contributed by atoms with Crippen molar-refractivity contribution < 1.29 is 4.79 Å². The number of piperidine rings is 1. The van der Waals surface area contributed by atoms with Gasteiger partial charge in [0, 0.05) is 37.6 Å². The first kappa shape index (κ1) is 21.3. The average Bonchev–Trinajstić information content (AvgIpc) is 2.72. The number of carbonyl (C=O) groups is 1. The van der Waals surface area contributed by atoms with Gasteiger partial charge in [0.15, 0.2) is 0 Å². The van der Waals surface area contributed by atoms with Crippen molar-refractivity contribution in [2.45, 2.75) is 33.1 Å². The van der Waals surface area contributed by atoms with E-state index in [0.29, 0.717) is 12.5 Å². The highest BCUT2D eigenvalue weighted by Crippen LogP contribution is 2.37. The van der Waals surface area contributed by atoms with Crippen LogP contribution in [0.3, 0.4) is 0 Å². The topological polar surface area (TPSA) is 45.2 Å². The molecule has 1 fully saturated rings. The number of likely N-dealkylation sites (tertiary alicyclic amines) is 1. The van der Waals surface area contributed by atoms with Gasteiger partial charge in [-0.25, -0.2) is 0 Å². The van der Waals surface area contributed by atoms with Gasteiger partial charge in [0.1, 0.15) is 0 Å². The predicted octanol–water partition coefficient (Wildman–Crippen LogP) is 4.33. The molecule has 0 spiro atoms. The van der Waals surface area contributed by atoms with Crippen LogP contribution in [0.15, 0.2) is 61.4 Å². The van der Waals surface area contributed by atoms with Gasteiger partial charge in [0.2, 0.25) is 5.91 Å². The van der Waals surface area contributed by atoms with Crippen LogP contribution < -0.4 is 5.32 Å². The van der Waals surface area contributed by atoms with Gasteiger partial charge in [0.05, 0.1) is 5.41 Å². The minimum absolute atomic E-state index is 0.145. The number of rotatable bonds is 8. The Kier molecular flexibility index (Phi) is 7.21. The van der Waals surface area contributed by atoms with Crippen molar-refractivity contribution in [3.05, 3.63) is 67.0 Å². The number of nitrogens with zero attached hydrogens (tertiary/aromatic N) is 2. The molecule has 1 aliphatic rings. The highest BCUT2D eigenvalue weighted by molar-refractivity contribution is 5.84. The van der Waals surface area contributed by atoms with Crippen LogP contribution in [0.25, 0.3) is 11.1 Å². The first-order valence-corrected chi connectivity index (χ1v) is 10.6. The summed E-state index contributed by atoms with van der Waals surface area (Å²) in [4.78, 5) is 20.1. The Hall–Kier alpha value is -2.46. The number of aromatic nitrogens is 1. The van der Waals surface area contributed by atoms with Crippen molar-refractivity contribution in [3.63, 3.8) is 0 Å². The molecule has 1 aromatic carbocycles. The number of pyridine rings is 1. The highest BCUT2D eigenvalue weighted by Gasteiger charge is 2.42. The number of hydrogen-bond acceptors (Lipinski definition) is 3. The van der Waals surface area contributed by atoms with Crippen LogP contribution in [-0.4, -0.2) is 42.0 Å². The predicted molar refractivity (Wildman–Crippen MR) is 120 cm³/mol. The molecule has 0 radical (unpaired) electrons. The van der Waals surface area contributed by atoms with Crippen molar-refractivity contribution in [2.24, 2.45) is 11.3 Å². The van der Waals surface area contributed by atoms with E-state index in [1.54, 1.807) is 12.3 Å². The lowest BCUT2D eigenvalue weighted by Gasteiger charge is -2.42. The molecule has 0 aliphatic carbocycles. The van der Waals surface area contributed by atoms with E-state index in [1.165, 1.54) is 5.56 Å². The van der Waals surface area contributed by atoms with E-state index in [9.17, 15) is 4.79 Å². The number of nitrogens with one attached hydrogen (secondary N) is 1. The average molecular weight is 392 g/mol. The van der Waals surface area contributed by atoms with Crippen LogP contribution >= 0.6 is 0 Å². The van der Waals surface area contributed by atoms with Crippen molar-refractivity contribution in [1.29, 1.82) is 0 Å². The fraction of sp³-hybridized carbons (Fsp3) is 0.440. The Balaban J connectivity index is 1.94. The first-order valence-electron chi connectivity index (χ1n) is 10.6. The van der Waals surface area contributed by atoms with Gasteiger partial charge in [-0.2, -0.15) is 0 Å². The van der Waals surface area contributed by atoms with Gasteiger partial charge in [-0.3, -0.25) is 9.78 Å². The van der Waals surface area contributed by atoms with Crippen molar-refractivity contribution in [3.8, 4) is 11.1 Å². The third-order valence-corrected chi connectivity index (χ3v) is 5.69. The summed E-state index contributed by atoms with van der Waals surface area (Å²) in [5, 5.41) is 3.10. The summed E-state index contributed by atoms with van der Waals surface area (Å²) in [5.74, 6) is 0.733. The smallest absolute Gasteiger partial charge is 0.228 e. The van der Waals surface area contributed by atoms with Gasteiger partial charge in [0.25, 0.3) is 0 Å². The zero-order chi connectivity index (χ0) is 20.7. The fourth-order valence-electron chi connectivity index (χ4n) is 4.50. The van der Waals surface area contributed by atoms with Crippen LogP contribution in [0.1, 0.15) is 32.3 Å². The van der Waals surface area contributed by atoms with E-state index in [4.69, 9.17) is 0 Å². The fourth-order valence-corrected chi connectivity index (χ4v) is 4.50. The SMILES string of the molecule is C=CCNC(=O)C1(Cc2ccccc2-c2cccnc2)CCCN(CC(C)C)C1. The zero-order valence-corrected chi connectivity index (χ0v) is 17.7. The Labute approximate surface area is 175 Å². The van der Waals surface area contributed by atoms with E-state index in [1.807, 2.05) is 12.3 Å². The number of benzene rings is 1. The van der Waals surface area contributed by atoms with E-state index in [2.05, 4.69) is 66.0 Å². The summed E-state index contributed by atoms with van der Waals surface area (Å²) < 4.78 is 0. The number of amides is 1. The monoisotopic (exact) mass is 391 g/mol. The van der Waals surface area contributed by atoms with Crippen LogP contribution in [0.2, 0.25) is 0 Å². The summed E-state index contributed by atoms with van der Waals surface area (Å²) in [5.41, 5.74) is 3.05. The lowest BCUT2D eigenvalue weighted by molar-refractivity contribution is -0.134. The Morgan fingerprint density at radius 3 is 2.86 bits per heavy atom. The Morgan fingerprint density at radius 2 is 2.14 bits per heavy atom. The van der Waals surface area contributed by atoms with Gasteiger partial charge < -0.3 is 10.2 Å². The maximum Gasteiger partial charge on any atom is 0.228 e. The molecule has 1 unspecified atom stereocenters. The summed E-state index contributed by atoms with van der Waals surface area (Å²) in [7, 11) is 0. The summed E-state index contributed by atoms with van der Waals surface area (Å²) in [6.07, 6.45) is 8.13. The molecule has 4 nitrogen and oxygen atoms in total. The highest BCUT2D eigenvalue weighted by atomic mass is 16.2. The van der Waals surface area contributed by atoms with Gasteiger partial charge in [-0.1, -0.05) is 50.3 Å². The maximum atomic E-state index is 13.4. The lowest BCUT2D eigenvalue weighted by atomic mass is 9.73. The zero-order valence-electron chi connectivity index (χ0n) is 17.7. The molecule has 1 aliphatic heterocycles. The molecule has 0 bridgehead atoms. The Bertz CT molecular complexity index is 818. The molecular formula is C25H33N3O. The third kappa shape index (κ3) is 5.33. The molecule has 0 saturated carbocycles. The molecule has 1 atom stereocenters. The van der Waals surface area contributed by atoms with Crippen LogP contribution in [0, 0.1) is 11.3 Å². The molecule has 29 heavy (non-hydrogen) atoms. The quantitative estimate of drug-likeness (QED) is 0.681. The van der Waals surface area contributed by atoms with Crippen molar-refractivity contribution in [1.82, 2.24) is 15.2 Å². The van der Waals surface area contributed by atoms with Gasteiger partial charge >= 0.3 is 0 Å². The normalized spacial score (nSPS) is 19.8. The molecule has 2 aromatic rings. The molecule has 4 heteroatoms. The standard InChI is InChI=1S/C25H33N3O/c1-4-13-27-24(29)25(12-8-15-28(19-25)18-20(2)3)16-21-9-5-6-11-23(21)22-10-7-14-26-17-22/h4-7,9-11,14,17,20H,1,8,12-13,15-16,18-19H2,2-3H3,(H,27,29). The maximum absolute atomic E-state index is 13.4. The first-order chi connectivity index (χ1) is 14.0. The molecular weight excluding hydrogens is 358 g/mol. The molecule has 3 rings (SSSR count). The molecule has 1 amide bonds. The van der Waals surface area contributed by atoms with E-state index < -0.39 is 5.41 Å². The van der Waals surface area contributed by atoms with Crippen LogP contribution in [0.5, 0.6) is 0 Å². The number of hydrogen-bond donors (Lipinski definition) is 1. The largest absolute Gasteiger partial charge is 0.352 e. The minimum atomic E-state index is -0.422. The summed E-state index contributed by atoms with van der Waals surface area (Å²) >= 11 is 0.